The Morgan fingerprint density at radius 1 is 0.680 bits per heavy atom. The molecule has 0 aliphatic heterocycles. The van der Waals surface area contributed by atoms with E-state index in [9.17, 15) is 9.59 Å². The van der Waals surface area contributed by atoms with E-state index in [-0.39, 0.29) is 18.4 Å². The van der Waals surface area contributed by atoms with Crippen molar-refractivity contribution in [3.05, 3.63) is 0 Å². The first-order valence-electron chi connectivity index (χ1n) is 10.1. The van der Waals surface area contributed by atoms with Gasteiger partial charge in [-0.1, -0.05) is 73.1 Å². The third-order valence-corrected chi connectivity index (χ3v) is 4.23. The lowest BCUT2D eigenvalue weighted by Gasteiger charge is -2.11. The molecule has 25 heavy (non-hydrogen) atoms. The van der Waals surface area contributed by atoms with Crippen LogP contribution in [0.2, 0.25) is 0 Å². The van der Waals surface area contributed by atoms with Crippen molar-refractivity contribution in [3.8, 4) is 0 Å². The standard InChI is InChI=1S/C21H40O4/c1-17(2)12-8-6-10-14-24-20(22)16-19(5)21(23)25-15-11-7-9-13-18(3)4/h17-19H,6-16H2,1-5H3. The second kappa shape index (κ2) is 15.2. The Morgan fingerprint density at radius 2 is 1.16 bits per heavy atom. The molecule has 0 radical (unpaired) electrons. The van der Waals surface area contributed by atoms with Crippen molar-refractivity contribution in [3.63, 3.8) is 0 Å². The van der Waals surface area contributed by atoms with E-state index in [1.807, 2.05) is 0 Å². The van der Waals surface area contributed by atoms with E-state index in [1.54, 1.807) is 6.92 Å². The first-order valence-corrected chi connectivity index (χ1v) is 10.1. The van der Waals surface area contributed by atoms with E-state index in [1.165, 1.54) is 25.7 Å². The second-order valence-electron chi connectivity index (χ2n) is 7.98. The maximum absolute atomic E-state index is 11.9. The van der Waals surface area contributed by atoms with Crippen LogP contribution in [0, 0.1) is 17.8 Å². The number of carbonyl (C=O) groups excluding carboxylic acids is 2. The molecule has 0 aromatic rings. The number of hydrogen-bond donors (Lipinski definition) is 0. The maximum atomic E-state index is 11.9. The van der Waals surface area contributed by atoms with Gasteiger partial charge >= 0.3 is 11.9 Å². The number of esters is 2. The maximum Gasteiger partial charge on any atom is 0.309 e. The molecule has 0 heterocycles. The first kappa shape index (κ1) is 23.9. The molecule has 0 spiro atoms. The molecule has 0 aliphatic carbocycles. The van der Waals surface area contributed by atoms with Crippen molar-refractivity contribution in [1.29, 1.82) is 0 Å². The molecular formula is C21H40O4. The van der Waals surface area contributed by atoms with Crippen LogP contribution in [0.5, 0.6) is 0 Å². The highest BCUT2D eigenvalue weighted by Gasteiger charge is 2.19. The number of carbonyl (C=O) groups is 2. The van der Waals surface area contributed by atoms with Crippen molar-refractivity contribution < 1.29 is 19.1 Å². The summed E-state index contributed by atoms with van der Waals surface area (Å²) in [5.74, 6) is 0.431. The fourth-order valence-corrected chi connectivity index (χ4v) is 2.56. The Balaban J connectivity index is 3.62. The van der Waals surface area contributed by atoms with Crippen molar-refractivity contribution >= 4 is 11.9 Å². The number of unbranched alkanes of at least 4 members (excludes halogenated alkanes) is 4. The lowest BCUT2D eigenvalue weighted by Crippen LogP contribution is -2.20. The van der Waals surface area contributed by atoms with Crippen molar-refractivity contribution in [1.82, 2.24) is 0 Å². The molecule has 0 saturated carbocycles. The van der Waals surface area contributed by atoms with Crippen LogP contribution < -0.4 is 0 Å². The number of ether oxygens (including phenoxy) is 2. The van der Waals surface area contributed by atoms with E-state index in [0.717, 1.165) is 37.5 Å². The highest BCUT2D eigenvalue weighted by atomic mass is 16.5. The van der Waals surface area contributed by atoms with Crippen LogP contribution in [-0.4, -0.2) is 25.2 Å². The van der Waals surface area contributed by atoms with Crippen LogP contribution >= 0.6 is 0 Å². The largest absolute Gasteiger partial charge is 0.466 e. The van der Waals surface area contributed by atoms with Gasteiger partial charge in [-0.15, -0.1) is 0 Å². The van der Waals surface area contributed by atoms with Crippen LogP contribution in [0.1, 0.15) is 92.4 Å². The van der Waals surface area contributed by atoms with Gasteiger partial charge in [0.25, 0.3) is 0 Å². The summed E-state index contributed by atoms with van der Waals surface area (Å²) >= 11 is 0. The van der Waals surface area contributed by atoms with Crippen molar-refractivity contribution in [2.24, 2.45) is 17.8 Å². The highest BCUT2D eigenvalue weighted by Crippen LogP contribution is 2.11. The van der Waals surface area contributed by atoms with E-state index in [4.69, 9.17) is 9.47 Å². The number of hydrogen-bond acceptors (Lipinski definition) is 4. The fourth-order valence-electron chi connectivity index (χ4n) is 2.56. The molecule has 0 N–H and O–H groups in total. The van der Waals surface area contributed by atoms with Gasteiger partial charge in [0.15, 0.2) is 0 Å². The first-order chi connectivity index (χ1) is 11.8. The summed E-state index contributed by atoms with van der Waals surface area (Å²) in [6.45, 7) is 11.5. The molecular weight excluding hydrogens is 316 g/mol. The molecule has 0 bridgehead atoms. The summed E-state index contributed by atoms with van der Waals surface area (Å²) in [7, 11) is 0. The Hall–Kier alpha value is -1.06. The average molecular weight is 357 g/mol. The van der Waals surface area contributed by atoms with Gasteiger partial charge in [0.05, 0.1) is 25.6 Å². The van der Waals surface area contributed by atoms with Crippen molar-refractivity contribution in [2.45, 2.75) is 92.4 Å². The molecule has 0 aromatic carbocycles. The minimum Gasteiger partial charge on any atom is -0.466 e. The zero-order chi connectivity index (χ0) is 19.1. The molecule has 4 heteroatoms. The quantitative estimate of drug-likeness (QED) is 0.286. The molecule has 1 unspecified atom stereocenters. The van der Waals surface area contributed by atoms with Crippen LogP contribution in [0.4, 0.5) is 0 Å². The zero-order valence-corrected chi connectivity index (χ0v) is 17.1. The molecule has 0 fully saturated rings. The summed E-state index contributed by atoms with van der Waals surface area (Å²) in [6, 6.07) is 0. The SMILES string of the molecule is CC(C)CCCCCOC(=O)CC(C)C(=O)OCCCCCC(C)C. The average Bonchev–Trinajstić information content (AvgIpc) is 2.53. The monoisotopic (exact) mass is 356 g/mol. The minimum atomic E-state index is -0.427. The Labute approximate surface area is 155 Å². The zero-order valence-electron chi connectivity index (χ0n) is 17.1. The normalized spacial score (nSPS) is 12.4. The van der Waals surface area contributed by atoms with Crippen LogP contribution in [-0.2, 0) is 19.1 Å². The second-order valence-corrected chi connectivity index (χ2v) is 7.98. The van der Waals surface area contributed by atoms with E-state index in [2.05, 4.69) is 27.7 Å². The molecule has 0 aromatic heterocycles. The molecule has 148 valence electrons. The van der Waals surface area contributed by atoms with Gasteiger partial charge in [0.1, 0.15) is 0 Å². The van der Waals surface area contributed by atoms with Gasteiger partial charge in [0.2, 0.25) is 0 Å². The van der Waals surface area contributed by atoms with Gasteiger partial charge in [-0.25, -0.2) is 0 Å². The molecule has 0 aliphatic rings. The van der Waals surface area contributed by atoms with Gasteiger partial charge in [-0.05, 0) is 24.7 Å². The number of rotatable bonds is 15. The van der Waals surface area contributed by atoms with Crippen LogP contribution in [0.25, 0.3) is 0 Å². The van der Waals surface area contributed by atoms with Crippen LogP contribution in [0.15, 0.2) is 0 Å². The summed E-state index contributed by atoms with van der Waals surface area (Å²) in [6.07, 6.45) is 8.85. The van der Waals surface area contributed by atoms with Gasteiger partial charge < -0.3 is 9.47 Å². The van der Waals surface area contributed by atoms with Crippen molar-refractivity contribution in [2.75, 3.05) is 13.2 Å². The van der Waals surface area contributed by atoms with Crippen LogP contribution in [0.3, 0.4) is 0 Å². The molecule has 4 nitrogen and oxygen atoms in total. The summed E-state index contributed by atoms with van der Waals surface area (Å²) < 4.78 is 10.4. The summed E-state index contributed by atoms with van der Waals surface area (Å²) in [5, 5.41) is 0. The van der Waals surface area contributed by atoms with E-state index >= 15 is 0 Å². The van der Waals surface area contributed by atoms with Gasteiger partial charge in [-0.2, -0.15) is 0 Å². The topological polar surface area (TPSA) is 52.6 Å². The summed E-state index contributed by atoms with van der Waals surface area (Å²) in [5.41, 5.74) is 0. The summed E-state index contributed by atoms with van der Waals surface area (Å²) in [4.78, 5) is 23.6. The molecule has 0 saturated heterocycles. The highest BCUT2D eigenvalue weighted by molar-refractivity contribution is 5.79. The Morgan fingerprint density at radius 3 is 1.64 bits per heavy atom. The molecule has 0 amide bonds. The van der Waals surface area contributed by atoms with E-state index in [0.29, 0.717) is 13.2 Å². The Kier molecular flexibility index (Phi) is 14.6. The predicted molar refractivity (Wildman–Crippen MR) is 102 cm³/mol. The van der Waals surface area contributed by atoms with E-state index < -0.39 is 5.92 Å². The molecule has 0 rings (SSSR count). The van der Waals surface area contributed by atoms with Gasteiger partial charge in [0, 0.05) is 0 Å². The Bertz CT molecular complexity index is 350. The third kappa shape index (κ3) is 16.2. The lowest BCUT2D eigenvalue weighted by molar-refractivity contribution is -0.154. The van der Waals surface area contributed by atoms with Gasteiger partial charge in [-0.3, -0.25) is 9.59 Å². The minimum absolute atomic E-state index is 0.109. The lowest BCUT2D eigenvalue weighted by atomic mass is 10.1. The fraction of sp³-hybridized carbons (Fsp3) is 0.905. The predicted octanol–water partition coefficient (Wildman–Crippen LogP) is 5.53. The third-order valence-electron chi connectivity index (χ3n) is 4.23. The molecule has 1 atom stereocenters. The smallest absolute Gasteiger partial charge is 0.309 e.